The molecule has 0 fully saturated rings. The number of thiazole rings is 1. The number of nitrogens with zero attached hydrogens (tertiary/aromatic N) is 3. The van der Waals surface area contributed by atoms with Crippen LogP contribution in [-0.2, 0) is 4.74 Å². The van der Waals surface area contributed by atoms with Crippen LogP contribution >= 0.6 is 11.3 Å². The number of non-ortho nitro benzene ring substituents is 1. The van der Waals surface area contributed by atoms with Crippen molar-refractivity contribution in [1.29, 1.82) is 0 Å². The summed E-state index contributed by atoms with van der Waals surface area (Å²) in [6.45, 7) is 5.55. The second-order valence-corrected chi connectivity index (χ2v) is 7.17. The molecule has 0 aliphatic heterocycles. The van der Waals surface area contributed by atoms with Gasteiger partial charge in [-0.3, -0.25) is 19.8 Å². The number of carbonyl (C=O) groups excluding carboxylic acids is 2. The topological polar surface area (TPSA) is 103 Å². The van der Waals surface area contributed by atoms with Crippen LogP contribution in [0.2, 0.25) is 0 Å². The molecule has 31 heavy (non-hydrogen) atoms. The molecule has 0 atom stereocenters. The Kier molecular flexibility index (Phi) is 6.88. The van der Waals surface area contributed by atoms with E-state index < -0.39 is 16.8 Å². The van der Waals surface area contributed by atoms with Gasteiger partial charge in [-0.05, 0) is 13.0 Å². The van der Waals surface area contributed by atoms with E-state index in [2.05, 4.69) is 11.6 Å². The lowest BCUT2D eigenvalue weighted by Gasteiger charge is -2.18. The number of anilines is 1. The van der Waals surface area contributed by atoms with Crippen LogP contribution in [0, 0.1) is 10.1 Å². The third-order valence-corrected chi connectivity index (χ3v) is 5.10. The van der Waals surface area contributed by atoms with E-state index in [1.165, 1.54) is 28.4 Å². The minimum atomic E-state index is -0.740. The molecule has 1 aromatic heterocycles. The Hall–Kier alpha value is -3.85. The van der Waals surface area contributed by atoms with Gasteiger partial charge < -0.3 is 4.74 Å². The Morgan fingerprint density at radius 1 is 1.23 bits per heavy atom. The highest BCUT2D eigenvalue weighted by Gasteiger charge is 2.24. The van der Waals surface area contributed by atoms with Gasteiger partial charge in [0.1, 0.15) is 0 Å². The zero-order chi connectivity index (χ0) is 22.4. The van der Waals surface area contributed by atoms with Crippen LogP contribution in [-0.4, -0.2) is 34.9 Å². The molecule has 0 aliphatic rings. The normalized spacial score (nSPS) is 10.4. The van der Waals surface area contributed by atoms with Gasteiger partial charge in [-0.1, -0.05) is 36.4 Å². The number of esters is 1. The molecule has 1 heterocycles. The van der Waals surface area contributed by atoms with Crippen molar-refractivity contribution in [2.24, 2.45) is 0 Å². The lowest BCUT2D eigenvalue weighted by molar-refractivity contribution is -0.384. The standard InChI is InChI=1S/C22H19N3O5S/c1-3-10-24(22-23-19(14-31-22)15-8-6-5-7-9-15)20(26)16-11-17(21(27)30-4-2)13-18(12-16)25(28)29/h3,5-9,11-14H,1,4,10H2,2H3. The van der Waals surface area contributed by atoms with Crippen molar-refractivity contribution >= 4 is 34.0 Å². The Bertz CT molecular complexity index is 1130. The summed E-state index contributed by atoms with van der Waals surface area (Å²) >= 11 is 1.27. The maximum atomic E-state index is 13.3. The molecule has 9 heteroatoms. The average molecular weight is 437 g/mol. The first-order chi connectivity index (χ1) is 14.9. The molecule has 1 amide bonds. The van der Waals surface area contributed by atoms with Gasteiger partial charge in [0, 0.05) is 35.2 Å². The molecule has 0 unspecified atom stereocenters. The first-order valence-corrected chi connectivity index (χ1v) is 10.2. The van der Waals surface area contributed by atoms with Gasteiger partial charge in [0.15, 0.2) is 5.13 Å². The quantitative estimate of drug-likeness (QED) is 0.218. The van der Waals surface area contributed by atoms with Gasteiger partial charge >= 0.3 is 5.97 Å². The van der Waals surface area contributed by atoms with Crippen LogP contribution in [0.4, 0.5) is 10.8 Å². The lowest BCUT2D eigenvalue weighted by Crippen LogP contribution is -2.31. The summed E-state index contributed by atoms with van der Waals surface area (Å²) in [4.78, 5) is 42.0. The minimum Gasteiger partial charge on any atom is -0.462 e. The number of rotatable bonds is 8. The second-order valence-electron chi connectivity index (χ2n) is 6.33. The summed E-state index contributed by atoms with van der Waals surface area (Å²) in [6, 6.07) is 13.0. The Morgan fingerprint density at radius 2 is 1.94 bits per heavy atom. The van der Waals surface area contributed by atoms with E-state index in [4.69, 9.17) is 4.74 Å². The summed E-state index contributed by atoms with van der Waals surface area (Å²) in [5, 5.41) is 13.6. The number of amides is 1. The molecule has 0 N–H and O–H groups in total. The minimum absolute atomic E-state index is 0.0180. The van der Waals surface area contributed by atoms with Crippen LogP contribution in [0.5, 0.6) is 0 Å². The highest BCUT2D eigenvalue weighted by Crippen LogP contribution is 2.29. The molecule has 158 valence electrons. The fourth-order valence-electron chi connectivity index (χ4n) is 2.83. The van der Waals surface area contributed by atoms with Gasteiger partial charge in [0.25, 0.3) is 11.6 Å². The van der Waals surface area contributed by atoms with Crippen molar-refractivity contribution in [3.05, 3.63) is 87.8 Å². The molecule has 0 aliphatic carbocycles. The van der Waals surface area contributed by atoms with Crippen molar-refractivity contribution in [2.45, 2.75) is 6.92 Å². The molecule has 2 aromatic carbocycles. The predicted octanol–water partition coefficient (Wildman–Crippen LogP) is 4.73. The zero-order valence-corrected chi connectivity index (χ0v) is 17.5. The summed E-state index contributed by atoms with van der Waals surface area (Å²) in [5.74, 6) is -1.28. The molecule has 0 saturated heterocycles. The number of nitro benzene ring substituents is 1. The highest BCUT2D eigenvalue weighted by atomic mass is 32.1. The molecular formula is C22H19N3O5S. The van der Waals surface area contributed by atoms with E-state index in [9.17, 15) is 19.7 Å². The van der Waals surface area contributed by atoms with Gasteiger partial charge in [-0.15, -0.1) is 17.9 Å². The van der Waals surface area contributed by atoms with Crippen molar-refractivity contribution in [3.8, 4) is 11.3 Å². The van der Waals surface area contributed by atoms with Gasteiger partial charge in [0.05, 0.1) is 22.8 Å². The van der Waals surface area contributed by atoms with Gasteiger partial charge in [-0.2, -0.15) is 0 Å². The monoisotopic (exact) mass is 437 g/mol. The Labute approximate surface area is 182 Å². The number of hydrogen-bond donors (Lipinski definition) is 0. The molecular weight excluding hydrogens is 418 g/mol. The maximum absolute atomic E-state index is 13.3. The third kappa shape index (κ3) is 5.01. The van der Waals surface area contributed by atoms with Crippen LogP contribution in [0.1, 0.15) is 27.6 Å². The fraction of sp³-hybridized carbons (Fsp3) is 0.136. The molecule has 0 saturated carbocycles. The number of carbonyl (C=O) groups is 2. The molecule has 3 rings (SSSR count). The predicted molar refractivity (Wildman–Crippen MR) is 118 cm³/mol. The number of nitro groups is 1. The summed E-state index contributed by atoms with van der Waals surface area (Å²) in [5.41, 5.74) is 1.14. The van der Waals surface area contributed by atoms with Crippen LogP contribution in [0.25, 0.3) is 11.3 Å². The van der Waals surface area contributed by atoms with Crippen molar-refractivity contribution < 1.29 is 19.2 Å². The van der Waals surface area contributed by atoms with Crippen LogP contribution < -0.4 is 4.90 Å². The first-order valence-electron chi connectivity index (χ1n) is 9.35. The largest absolute Gasteiger partial charge is 0.462 e. The molecule has 0 bridgehead atoms. The average Bonchev–Trinajstić information content (AvgIpc) is 3.27. The number of hydrogen-bond acceptors (Lipinski definition) is 7. The highest BCUT2D eigenvalue weighted by molar-refractivity contribution is 7.14. The zero-order valence-electron chi connectivity index (χ0n) is 16.7. The number of ether oxygens (including phenoxy) is 1. The van der Waals surface area contributed by atoms with E-state index >= 15 is 0 Å². The van der Waals surface area contributed by atoms with Gasteiger partial charge in [-0.25, -0.2) is 9.78 Å². The Balaban J connectivity index is 2.00. The second kappa shape index (κ2) is 9.77. The van der Waals surface area contributed by atoms with E-state index in [1.807, 2.05) is 35.7 Å². The SMILES string of the molecule is C=CCN(C(=O)c1cc(C(=O)OCC)cc([N+](=O)[O-])c1)c1nc(-c2ccccc2)cs1. The maximum Gasteiger partial charge on any atom is 0.338 e. The lowest BCUT2D eigenvalue weighted by atomic mass is 10.1. The van der Waals surface area contributed by atoms with Crippen LogP contribution in [0.3, 0.4) is 0 Å². The molecule has 0 spiro atoms. The number of aromatic nitrogens is 1. The van der Waals surface area contributed by atoms with Crippen molar-refractivity contribution in [2.75, 3.05) is 18.1 Å². The fourth-order valence-corrected chi connectivity index (χ4v) is 3.68. The smallest absolute Gasteiger partial charge is 0.338 e. The van der Waals surface area contributed by atoms with E-state index in [0.717, 1.165) is 17.7 Å². The molecule has 8 nitrogen and oxygen atoms in total. The Morgan fingerprint density at radius 3 is 2.58 bits per heavy atom. The van der Waals surface area contributed by atoms with E-state index in [-0.39, 0.29) is 30.0 Å². The number of benzene rings is 2. The summed E-state index contributed by atoms with van der Waals surface area (Å²) in [7, 11) is 0. The van der Waals surface area contributed by atoms with Crippen molar-refractivity contribution in [1.82, 2.24) is 4.98 Å². The molecule has 0 radical (unpaired) electrons. The third-order valence-electron chi connectivity index (χ3n) is 4.24. The van der Waals surface area contributed by atoms with Crippen molar-refractivity contribution in [3.63, 3.8) is 0 Å². The first kappa shape index (κ1) is 21.8. The van der Waals surface area contributed by atoms with E-state index in [0.29, 0.717) is 10.8 Å². The van der Waals surface area contributed by atoms with Crippen LogP contribution in [0.15, 0.2) is 66.6 Å². The molecule has 3 aromatic rings. The van der Waals surface area contributed by atoms with Gasteiger partial charge in [0.2, 0.25) is 0 Å². The summed E-state index contributed by atoms with van der Waals surface area (Å²) in [6.07, 6.45) is 1.53. The summed E-state index contributed by atoms with van der Waals surface area (Å²) < 4.78 is 4.93. The van der Waals surface area contributed by atoms with E-state index in [1.54, 1.807) is 6.92 Å².